The molecule has 3 rings (SSSR count). The number of nitrogens with one attached hydrogen (secondary N) is 1. The van der Waals surface area contributed by atoms with Gasteiger partial charge in [-0.15, -0.1) is 0 Å². The van der Waals surface area contributed by atoms with Crippen molar-refractivity contribution in [3.05, 3.63) is 71.3 Å². The minimum absolute atomic E-state index is 0.0161. The summed E-state index contributed by atoms with van der Waals surface area (Å²) in [5, 5.41) is 23.7. The van der Waals surface area contributed by atoms with E-state index in [0.717, 1.165) is 0 Å². The van der Waals surface area contributed by atoms with Crippen molar-refractivity contribution < 1.29 is 18.3 Å². The molecule has 0 saturated heterocycles. The summed E-state index contributed by atoms with van der Waals surface area (Å²) >= 11 is 0. The van der Waals surface area contributed by atoms with Gasteiger partial charge < -0.3 is 5.11 Å². The molecular weight excluding hydrogens is 428 g/mol. The highest BCUT2D eigenvalue weighted by Gasteiger charge is 2.24. The number of hydrogen-bond donors (Lipinski definition) is 2. The molecule has 3 aromatic rings. The first-order valence-electron chi connectivity index (χ1n) is 9.91. The number of benzene rings is 3. The maximum absolute atomic E-state index is 13.1. The summed E-state index contributed by atoms with van der Waals surface area (Å²) in [6.45, 7) is 4.32. The van der Waals surface area contributed by atoms with Gasteiger partial charge in [0.15, 0.2) is 0 Å². The predicted molar refractivity (Wildman–Crippen MR) is 122 cm³/mol. The van der Waals surface area contributed by atoms with Crippen LogP contribution in [0.1, 0.15) is 35.3 Å². The number of hydrogen-bond acceptors (Lipinski definition) is 6. The number of phenolic OH excluding ortho intramolecular Hbond substituents is 1. The minimum atomic E-state index is -3.65. The molecule has 1 amide bonds. The van der Waals surface area contributed by atoms with Crippen LogP contribution < -0.4 is 5.43 Å². The van der Waals surface area contributed by atoms with Crippen LogP contribution in [0.2, 0.25) is 0 Å². The molecule has 0 fully saturated rings. The fraction of sp³-hybridized carbons (Fsp3) is 0.174. The quantitative estimate of drug-likeness (QED) is 0.423. The van der Waals surface area contributed by atoms with Crippen LogP contribution in [-0.2, 0) is 10.0 Å². The largest absolute Gasteiger partial charge is 0.507 e. The van der Waals surface area contributed by atoms with Crippen molar-refractivity contribution in [1.29, 1.82) is 5.26 Å². The number of carbonyl (C=O) groups excluding carboxylic acids is 1. The van der Waals surface area contributed by atoms with Gasteiger partial charge in [-0.1, -0.05) is 44.2 Å². The lowest BCUT2D eigenvalue weighted by Crippen LogP contribution is -2.30. The molecule has 164 valence electrons. The average molecular weight is 451 g/mol. The number of sulfonamides is 1. The number of nitrogens with zero attached hydrogens (tertiary/aromatic N) is 3. The second-order valence-electron chi connectivity index (χ2n) is 6.83. The Bertz CT molecular complexity index is 1340. The number of nitriles is 1. The molecule has 0 bridgehead atoms. The lowest BCUT2D eigenvalue weighted by Gasteiger charge is -2.20. The summed E-state index contributed by atoms with van der Waals surface area (Å²) in [7, 11) is -3.65. The minimum Gasteiger partial charge on any atom is -0.507 e. The van der Waals surface area contributed by atoms with E-state index in [-0.39, 0.29) is 21.8 Å². The first-order chi connectivity index (χ1) is 15.3. The Kier molecular flexibility index (Phi) is 6.88. The number of amides is 1. The molecule has 0 atom stereocenters. The van der Waals surface area contributed by atoms with Crippen LogP contribution >= 0.6 is 0 Å². The van der Waals surface area contributed by atoms with E-state index in [1.54, 1.807) is 56.3 Å². The number of carbonyl (C=O) groups is 1. The SMILES string of the molecule is CCN(CC)S(=O)(=O)c1ccc(C=NNC(=O)c2ccc(O)c(C#N)c2)c2ccccc12. The third-order valence-electron chi connectivity index (χ3n) is 4.99. The normalized spacial score (nSPS) is 11.7. The standard InChI is InChI=1S/C23H22N4O4S/c1-3-27(4-2)32(30,31)22-12-10-17(19-7-5-6-8-20(19)22)15-25-26-23(29)16-9-11-21(28)18(13-16)14-24/h5-13,15,28H,3-4H2,1-2H3,(H,26,29). The Morgan fingerprint density at radius 2 is 1.81 bits per heavy atom. The van der Waals surface area contributed by atoms with Gasteiger partial charge in [-0.05, 0) is 29.7 Å². The molecule has 0 aromatic heterocycles. The van der Waals surface area contributed by atoms with Crippen LogP contribution in [0.25, 0.3) is 10.8 Å². The highest BCUT2D eigenvalue weighted by molar-refractivity contribution is 7.89. The van der Waals surface area contributed by atoms with Gasteiger partial charge in [0, 0.05) is 29.6 Å². The Morgan fingerprint density at radius 1 is 1.12 bits per heavy atom. The number of aromatic hydroxyl groups is 1. The molecule has 0 aliphatic rings. The predicted octanol–water partition coefficient (Wildman–Crippen LogP) is 3.21. The molecule has 0 heterocycles. The van der Waals surface area contributed by atoms with E-state index >= 15 is 0 Å². The van der Waals surface area contributed by atoms with Crippen molar-refractivity contribution >= 4 is 32.9 Å². The third kappa shape index (κ3) is 4.46. The molecule has 0 aliphatic heterocycles. The van der Waals surface area contributed by atoms with Crippen LogP contribution in [-0.4, -0.2) is 43.0 Å². The molecule has 32 heavy (non-hydrogen) atoms. The first kappa shape index (κ1) is 22.9. The van der Waals surface area contributed by atoms with Crippen molar-refractivity contribution in [1.82, 2.24) is 9.73 Å². The number of rotatable bonds is 7. The summed E-state index contributed by atoms with van der Waals surface area (Å²) in [4.78, 5) is 12.5. The Balaban J connectivity index is 1.92. The van der Waals surface area contributed by atoms with Crippen LogP contribution in [0.15, 0.2) is 64.6 Å². The van der Waals surface area contributed by atoms with E-state index in [9.17, 15) is 18.3 Å². The maximum atomic E-state index is 13.1. The topological polar surface area (TPSA) is 123 Å². The van der Waals surface area contributed by atoms with Crippen molar-refractivity contribution in [2.75, 3.05) is 13.1 Å². The van der Waals surface area contributed by atoms with E-state index < -0.39 is 15.9 Å². The van der Waals surface area contributed by atoms with Gasteiger partial charge in [-0.2, -0.15) is 14.7 Å². The highest BCUT2D eigenvalue weighted by Crippen LogP contribution is 2.28. The van der Waals surface area contributed by atoms with Crippen LogP contribution in [0.4, 0.5) is 0 Å². The summed E-state index contributed by atoms with van der Waals surface area (Å²) in [5.41, 5.74) is 3.16. The highest BCUT2D eigenvalue weighted by atomic mass is 32.2. The smallest absolute Gasteiger partial charge is 0.271 e. The first-order valence-corrected chi connectivity index (χ1v) is 11.4. The summed E-state index contributed by atoms with van der Waals surface area (Å²) in [5.74, 6) is -0.762. The van der Waals surface area contributed by atoms with Gasteiger partial charge in [0.1, 0.15) is 11.8 Å². The maximum Gasteiger partial charge on any atom is 0.271 e. The van der Waals surface area contributed by atoms with Crippen molar-refractivity contribution in [2.45, 2.75) is 18.7 Å². The van der Waals surface area contributed by atoms with E-state index in [1.807, 2.05) is 0 Å². The molecule has 0 spiro atoms. The lowest BCUT2D eigenvalue weighted by atomic mass is 10.1. The van der Waals surface area contributed by atoms with Crippen molar-refractivity contribution in [2.24, 2.45) is 5.10 Å². The van der Waals surface area contributed by atoms with Crippen molar-refractivity contribution in [3.8, 4) is 11.8 Å². The number of phenols is 1. The zero-order chi connectivity index (χ0) is 23.3. The number of hydrazone groups is 1. The fourth-order valence-electron chi connectivity index (χ4n) is 3.33. The molecular formula is C23H22N4O4S. The molecule has 0 aliphatic carbocycles. The van der Waals surface area contributed by atoms with E-state index in [2.05, 4.69) is 10.5 Å². The Hall–Kier alpha value is -3.74. The van der Waals surface area contributed by atoms with Gasteiger partial charge in [-0.25, -0.2) is 13.8 Å². The molecule has 0 saturated carbocycles. The van der Waals surface area contributed by atoms with E-state index in [0.29, 0.717) is 29.4 Å². The van der Waals surface area contributed by atoms with Crippen LogP contribution in [0.5, 0.6) is 5.75 Å². The summed E-state index contributed by atoms with van der Waals surface area (Å²) < 4.78 is 27.5. The van der Waals surface area contributed by atoms with Gasteiger partial charge >= 0.3 is 0 Å². The van der Waals surface area contributed by atoms with Gasteiger partial charge in [0.2, 0.25) is 10.0 Å². The second kappa shape index (κ2) is 9.60. The Morgan fingerprint density at radius 3 is 2.47 bits per heavy atom. The monoisotopic (exact) mass is 450 g/mol. The average Bonchev–Trinajstić information content (AvgIpc) is 2.79. The summed E-state index contributed by atoms with van der Waals surface area (Å²) in [6, 6.07) is 16.0. The van der Waals surface area contributed by atoms with Gasteiger partial charge in [0.25, 0.3) is 5.91 Å². The molecule has 3 aromatic carbocycles. The third-order valence-corrected chi connectivity index (χ3v) is 7.10. The van der Waals surface area contributed by atoms with Gasteiger partial charge in [0.05, 0.1) is 16.7 Å². The molecule has 0 radical (unpaired) electrons. The Labute approximate surface area is 186 Å². The molecule has 8 nitrogen and oxygen atoms in total. The van der Waals surface area contributed by atoms with Crippen molar-refractivity contribution in [3.63, 3.8) is 0 Å². The van der Waals surface area contributed by atoms with Gasteiger partial charge in [-0.3, -0.25) is 4.79 Å². The van der Waals surface area contributed by atoms with Crippen LogP contribution in [0, 0.1) is 11.3 Å². The van der Waals surface area contributed by atoms with Crippen LogP contribution in [0.3, 0.4) is 0 Å². The molecule has 9 heteroatoms. The van der Waals surface area contributed by atoms with E-state index in [4.69, 9.17) is 5.26 Å². The molecule has 0 unspecified atom stereocenters. The zero-order valence-electron chi connectivity index (χ0n) is 17.6. The van der Waals surface area contributed by atoms with E-state index in [1.165, 1.54) is 28.7 Å². The lowest BCUT2D eigenvalue weighted by molar-refractivity contribution is 0.0955. The second-order valence-corrected chi connectivity index (χ2v) is 8.74. The zero-order valence-corrected chi connectivity index (χ0v) is 18.4. The fourth-order valence-corrected chi connectivity index (χ4v) is 4.98. The molecule has 2 N–H and O–H groups in total. The number of fused-ring (bicyclic) bond motifs is 1. The summed E-state index contributed by atoms with van der Waals surface area (Å²) in [6.07, 6.45) is 1.43.